The van der Waals surface area contributed by atoms with Crippen LogP contribution in [0.25, 0.3) is 11.0 Å². The van der Waals surface area contributed by atoms with Crippen molar-refractivity contribution in [1.29, 1.82) is 0 Å². The molecule has 10 heteroatoms. The fourth-order valence-electron chi connectivity index (χ4n) is 3.29. The number of anilines is 1. The van der Waals surface area contributed by atoms with E-state index in [0.717, 1.165) is 31.7 Å². The maximum absolute atomic E-state index is 13.3. The molecule has 0 spiro atoms. The van der Waals surface area contributed by atoms with Gasteiger partial charge in [-0.1, -0.05) is 11.6 Å². The van der Waals surface area contributed by atoms with Crippen molar-refractivity contribution in [2.24, 2.45) is 0 Å². The number of alkyl carbamates (subject to hydrolysis) is 1. The smallest absolute Gasteiger partial charge is 0.407 e. The maximum Gasteiger partial charge on any atom is 0.407 e. The molecule has 3 rings (SSSR count). The van der Waals surface area contributed by atoms with Gasteiger partial charge in [0.25, 0.3) is 6.43 Å². The van der Waals surface area contributed by atoms with Crippen molar-refractivity contribution in [2.75, 3.05) is 5.32 Å². The van der Waals surface area contributed by atoms with E-state index >= 15 is 0 Å². The molecule has 2 aromatic heterocycles. The predicted molar refractivity (Wildman–Crippen MR) is 106 cm³/mol. The quantitative estimate of drug-likeness (QED) is 0.677. The van der Waals surface area contributed by atoms with Crippen molar-refractivity contribution in [1.82, 2.24) is 20.3 Å². The Bertz CT molecular complexity index is 883. The van der Waals surface area contributed by atoms with E-state index in [1.807, 2.05) is 20.8 Å². The molecule has 2 N–H and O–H groups in total. The lowest BCUT2D eigenvalue weighted by molar-refractivity contribution is 0.0492. The Balaban J connectivity index is 1.60. The average molecular weight is 428 g/mol. The molecule has 1 fully saturated rings. The zero-order valence-corrected chi connectivity index (χ0v) is 17.3. The van der Waals surface area contributed by atoms with E-state index in [9.17, 15) is 13.6 Å². The Kier molecular flexibility index (Phi) is 6.36. The first kappa shape index (κ1) is 21.4. The number of hydrogen-bond donors (Lipinski definition) is 2. The van der Waals surface area contributed by atoms with Crippen LogP contribution in [-0.2, 0) is 4.74 Å². The van der Waals surface area contributed by atoms with Crippen molar-refractivity contribution in [2.45, 2.75) is 70.6 Å². The lowest BCUT2D eigenvalue weighted by atomic mass is 9.91. The molecule has 0 aliphatic heterocycles. The molecule has 1 amide bonds. The minimum absolute atomic E-state index is 0.0204. The third kappa shape index (κ3) is 5.85. The Morgan fingerprint density at radius 3 is 2.48 bits per heavy atom. The summed E-state index contributed by atoms with van der Waals surface area (Å²) in [5, 5.41) is 6.06. The number of pyridine rings is 1. The fraction of sp³-hybridized carbons (Fsp3) is 0.579. The number of alkyl halides is 2. The van der Waals surface area contributed by atoms with E-state index in [2.05, 4.69) is 25.6 Å². The summed E-state index contributed by atoms with van der Waals surface area (Å²) in [5.74, 6) is 0.270. The second kappa shape index (κ2) is 8.61. The number of nitrogens with zero attached hydrogens (tertiary/aromatic N) is 3. The number of rotatable bonds is 4. The van der Waals surface area contributed by atoms with Gasteiger partial charge >= 0.3 is 6.09 Å². The van der Waals surface area contributed by atoms with E-state index in [-0.39, 0.29) is 39.8 Å². The standard InChI is InChI=1S/C19H24ClF2N5O2/c1-19(2,3)29-18(28)25-11-6-4-10(5-7-11)24-17-23-9-13-15(27-17)12(16(21)22)8-14(20)26-13/h8-11,16H,4-7H2,1-3H3,(H,25,28)(H,23,24,27). The van der Waals surface area contributed by atoms with Gasteiger partial charge in [0.2, 0.25) is 5.95 Å². The van der Waals surface area contributed by atoms with Gasteiger partial charge in [0.15, 0.2) is 0 Å². The summed E-state index contributed by atoms with van der Waals surface area (Å²) in [6, 6.07) is 1.25. The number of ether oxygens (including phenoxy) is 1. The summed E-state index contributed by atoms with van der Waals surface area (Å²) in [6.07, 6.45) is 1.35. The molecule has 0 bridgehead atoms. The molecule has 1 saturated carbocycles. The van der Waals surface area contributed by atoms with Crippen LogP contribution in [0, 0.1) is 0 Å². The van der Waals surface area contributed by atoms with Crippen LogP contribution in [0.2, 0.25) is 5.15 Å². The molecular formula is C19H24ClF2N5O2. The number of carbonyl (C=O) groups is 1. The van der Waals surface area contributed by atoms with Crippen LogP contribution < -0.4 is 10.6 Å². The van der Waals surface area contributed by atoms with Crippen molar-refractivity contribution in [3.63, 3.8) is 0 Å². The van der Waals surface area contributed by atoms with Gasteiger partial charge in [0.05, 0.1) is 6.20 Å². The lowest BCUT2D eigenvalue weighted by Crippen LogP contribution is -2.42. The van der Waals surface area contributed by atoms with Gasteiger partial charge in [-0.25, -0.2) is 28.5 Å². The molecule has 1 aliphatic carbocycles. The third-order valence-corrected chi connectivity index (χ3v) is 4.75. The summed E-state index contributed by atoms with van der Waals surface area (Å²) < 4.78 is 31.9. The highest BCUT2D eigenvalue weighted by molar-refractivity contribution is 6.29. The number of aromatic nitrogens is 3. The molecule has 0 atom stereocenters. The summed E-state index contributed by atoms with van der Waals surface area (Å²) in [6.45, 7) is 5.46. The van der Waals surface area contributed by atoms with Gasteiger partial charge in [0.1, 0.15) is 21.8 Å². The zero-order chi connectivity index (χ0) is 21.2. The van der Waals surface area contributed by atoms with Crippen molar-refractivity contribution < 1.29 is 18.3 Å². The Labute approximate surface area is 172 Å². The molecule has 29 heavy (non-hydrogen) atoms. The fourth-order valence-corrected chi connectivity index (χ4v) is 3.50. The average Bonchev–Trinajstić information content (AvgIpc) is 2.61. The van der Waals surface area contributed by atoms with Crippen molar-refractivity contribution in [3.05, 3.63) is 23.0 Å². The first-order valence-electron chi connectivity index (χ1n) is 9.48. The minimum atomic E-state index is -2.71. The highest BCUT2D eigenvalue weighted by atomic mass is 35.5. The second-order valence-electron chi connectivity index (χ2n) is 8.10. The van der Waals surface area contributed by atoms with Crippen LogP contribution in [-0.4, -0.2) is 38.7 Å². The van der Waals surface area contributed by atoms with E-state index in [0.29, 0.717) is 0 Å². The highest BCUT2D eigenvalue weighted by Crippen LogP contribution is 2.29. The number of carbonyl (C=O) groups excluding carboxylic acids is 1. The maximum atomic E-state index is 13.3. The molecule has 158 valence electrons. The molecule has 7 nitrogen and oxygen atoms in total. The van der Waals surface area contributed by atoms with E-state index in [1.165, 1.54) is 6.20 Å². The Morgan fingerprint density at radius 1 is 1.21 bits per heavy atom. The number of fused-ring (bicyclic) bond motifs is 1. The van der Waals surface area contributed by atoms with Gasteiger partial charge in [-0.3, -0.25) is 0 Å². The van der Waals surface area contributed by atoms with Crippen molar-refractivity contribution in [3.8, 4) is 0 Å². The summed E-state index contributed by atoms with van der Waals surface area (Å²) in [7, 11) is 0. The van der Waals surface area contributed by atoms with Crippen LogP contribution in [0.1, 0.15) is 58.4 Å². The van der Waals surface area contributed by atoms with Gasteiger partial charge in [-0.05, 0) is 52.5 Å². The number of nitrogens with one attached hydrogen (secondary N) is 2. The summed E-state index contributed by atoms with van der Waals surface area (Å²) in [5.41, 5.74) is -0.492. The number of halogens is 3. The van der Waals surface area contributed by atoms with Gasteiger partial charge in [-0.15, -0.1) is 0 Å². The molecule has 0 saturated heterocycles. The number of amides is 1. The molecule has 0 radical (unpaired) electrons. The molecular weight excluding hydrogens is 404 g/mol. The molecule has 2 aromatic rings. The molecule has 1 aliphatic rings. The second-order valence-corrected chi connectivity index (χ2v) is 8.49. The summed E-state index contributed by atoms with van der Waals surface area (Å²) >= 11 is 5.79. The van der Waals surface area contributed by atoms with Crippen LogP contribution >= 0.6 is 11.6 Å². The van der Waals surface area contributed by atoms with Gasteiger partial charge < -0.3 is 15.4 Å². The van der Waals surface area contributed by atoms with Crippen LogP contribution in [0.4, 0.5) is 19.5 Å². The Morgan fingerprint density at radius 2 is 1.86 bits per heavy atom. The first-order valence-corrected chi connectivity index (χ1v) is 9.86. The third-order valence-electron chi connectivity index (χ3n) is 4.56. The topological polar surface area (TPSA) is 89.0 Å². The summed E-state index contributed by atoms with van der Waals surface area (Å²) in [4.78, 5) is 24.3. The monoisotopic (exact) mass is 427 g/mol. The van der Waals surface area contributed by atoms with Gasteiger partial charge in [0, 0.05) is 17.6 Å². The molecule has 0 aromatic carbocycles. The molecule has 0 unspecified atom stereocenters. The highest BCUT2D eigenvalue weighted by Gasteiger charge is 2.25. The van der Waals surface area contributed by atoms with E-state index in [4.69, 9.17) is 16.3 Å². The van der Waals surface area contributed by atoms with Crippen molar-refractivity contribution >= 4 is 34.7 Å². The first-order chi connectivity index (χ1) is 13.6. The predicted octanol–water partition coefficient (Wildman–Crippen LogP) is 4.86. The largest absolute Gasteiger partial charge is 0.444 e. The normalized spacial score (nSPS) is 20.0. The van der Waals surface area contributed by atoms with Crippen LogP contribution in [0.15, 0.2) is 12.3 Å². The van der Waals surface area contributed by atoms with E-state index < -0.39 is 18.1 Å². The Hall–Kier alpha value is -2.29. The van der Waals surface area contributed by atoms with Crippen LogP contribution in [0.5, 0.6) is 0 Å². The minimum Gasteiger partial charge on any atom is -0.444 e. The van der Waals surface area contributed by atoms with E-state index in [1.54, 1.807) is 0 Å². The van der Waals surface area contributed by atoms with Gasteiger partial charge in [-0.2, -0.15) is 0 Å². The number of hydrogen-bond acceptors (Lipinski definition) is 6. The lowest BCUT2D eigenvalue weighted by Gasteiger charge is -2.30. The SMILES string of the molecule is CC(C)(C)OC(=O)NC1CCC(Nc2ncc3nc(Cl)cc(C(F)F)c3n2)CC1. The zero-order valence-electron chi connectivity index (χ0n) is 16.5. The molecule has 2 heterocycles. The van der Waals surface area contributed by atoms with Crippen LogP contribution in [0.3, 0.4) is 0 Å².